The van der Waals surface area contributed by atoms with Crippen molar-refractivity contribution in [3.05, 3.63) is 0 Å². The average molecular weight is 332 g/mol. The Hall–Kier alpha value is -0.890. The predicted molar refractivity (Wildman–Crippen MR) is 66.7 cm³/mol. The zero-order valence-electron chi connectivity index (χ0n) is 10.3. The number of nitrogens with two attached hydrogens (primary N) is 1. The zero-order chi connectivity index (χ0) is 15.9. The van der Waals surface area contributed by atoms with Crippen molar-refractivity contribution in [2.24, 2.45) is 5.73 Å². The largest absolute Gasteiger partial charge is 0.694 e. The van der Waals surface area contributed by atoms with E-state index >= 15 is 0 Å². The van der Waals surface area contributed by atoms with Crippen molar-refractivity contribution in [2.75, 3.05) is 12.8 Å². The fourth-order valence-corrected chi connectivity index (χ4v) is 3.49. The second-order valence-electron chi connectivity index (χ2n) is 4.00. The standard InChI is InChI=1S/C8H15NO9P2/c9-6(8(12)13)1-2-20(16,17)5(3-7(10)11)4-18-19(14)15/h5-6H,1-4,9H2,(H3-,10,11,12,13,14,15,16,17)/p+1/t5?,6-/m0/s1. The van der Waals surface area contributed by atoms with Crippen LogP contribution in [0, 0.1) is 0 Å². The molecule has 0 aliphatic carbocycles. The summed E-state index contributed by atoms with van der Waals surface area (Å²) in [5, 5.41) is 17.2. The van der Waals surface area contributed by atoms with Gasteiger partial charge in [0, 0.05) is 10.7 Å². The summed E-state index contributed by atoms with van der Waals surface area (Å²) < 4.78 is 26.6. The van der Waals surface area contributed by atoms with E-state index in [1.807, 2.05) is 0 Å². The molecule has 0 aromatic heterocycles. The van der Waals surface area contributed by atoms with E-state index in [1.165, 1.54) is 0 Å². The lowest BCUT2D eigenvalue weighted by Crippen LogP contribution is -2.32. The van der Waals surface area contributed by atoms with Crippen LogP contribution in [0.3, 0.4) is 0 Å². The van der Waals surface area contributed by atoms with Gasteiger partial charge in [-0.2, -0.15) is 0 Å². The number of carboxylic acid groups (broad SMARTS) is 2. The van der Waals surface area contributed by atoms with Gasteiger partial charge in [0.2, 0.25) is 7.37 Å². The highest BCUT2D eigenvalue weighted by atomic mass is 31.2. The summed E-state index contributed by atoms with van der Waals surface area (Å²) >= 11 is 0. The molecular formula is C8H16NO9P2+. The molecule has 20 heavy (non-hydrogen) atoms. The van der Waals surface area contributed by atoms with Gasteiger partial charge in [-0.1, -0.05) is 0 Å². The molecule has 0 saturated carbocycles. The molecule has 3 unspecified atom stereocenters. The average Bonchev–Trinajstić information content (AvgIpc) is 2.30. The minimum absolute atomic E-state index is 0.329. The van der Waals surface area contributed by atoms with Crippen molar-refractivity contribution in [1.29, 1.82) is 0 Å². The highest BCUT2D eigenvalue weighted by Gasteiger charge is 2.36. The van der Waals surface area contributed by atoms with E-state index in [1.54, 1.807) is 0 Å². The third-order valence-corrected chi connectivity index (χ3v) is 5.18. The summed E-state index contributed by atoms with van der Waals surface area (Å²) in [7, 11) is -7.13. The summed E-state index contributed by atoms with van der Waals surface area (Å²) in [4.78, 5) is 39.3. The van der Waals surface area contributed by atoms with Crippen molar-refractivity contribution < 1.29 is 43.2 Å². The molecule has 0 aliphatic heterocycles. The van der Waals surface area contributed by atoms with Crippen LogP contribution in [0.25, 0.3) is 0 Å². The number of rotatable bonds is 10. The van der Waals surface area contributed by atoms with Gasteiger partial charge in [0.15, 0.2) is 0 Å². The lowest BCUT2D eigenvalue weighted by Gasteiger charge is -2.20. The molecule has 6 N–H and O–H groups in total. The van der Waals surface area contributed by atoms with E-state index in [0.29, 0.717) is 0 Å². The first-order chi connectivity index (χ1) is 9.06. The van der Waals surface area contributed by atoms with Crippen LogP contribution in [0.15, 0.2) is 0 Å². The Morgan fingerprint density at radius 3 is 2.30 bits per heavy atom. The van der Waals surface area contributed by atoms with Crippen LogP contribution in [-0.2, 0) is 23.2 Å². The van der Waals surface area contributed by atoms with Crippen LogP contribution in [0.1, 0.15) is 12.8 Å². The Labute approximate surface area is 115 Å². The van der Waals surface area contributed by atoms with Gasteiger partial charge in [0.25, 0.3) is 0 Å². The van der Waals surface area contributed by atoms with Crippen LogP contribution in [0.4, 0.5) is 0 Å². The second-order valence-corrected chi connectivity index (χ2v) is 7.42. The third kappa shape index (κ3) is 7.64. The monoisotopic (exact) mass is 332 g/mol. The quantitative estimate of drug-likeness (QED) is 0.329. The molecule has 0 aliphatic rings. The van der Waals surface area contributed by atoms with E-state index in [4.69, 9.17) is 20.8 Å². The van der Waals surface area contributed by atoms with Crippen LogP contribution in [0.5, 0.6) is 0 Å². The lowest BCUT2D eigenvalue weighted by molar-refractivity contribution is -0.139. The highest BCUT2D eigenvalue weighted by Crippen LogP contribution is 2.49. The van der Waals surface area contributed by atoms with Gasteiger partial charge in [-0.15, -0.1) is 9.42 Å². The maximum atomic E-state index is 12.0. The maximum absolute atomic E-state index is 12.0. The summed E-state index contributed by atoms with van der Waals surface area (Å²) in [6.45, 7) is -0.700. The van der Waals surface area contributed by atoms with Crippen LogP contribution in [-0.4, -0.2) is 56.4 Å². The second kappa shape index (κ2) is 8.41. The fraction of sp³-hybridized carbons (Fsp3) is 0.750. The van der Waals surface area contributed by atoms with Gasteiger partial charge < -0.3 is 20.8 Å². The Bertz CT molecular complexity index is 426. The first kappa shape index (κ1) is 19.1. The molecular weight excluding hydrogens is 316 g/mol. The minimum Gasteiger partial charge on any atom is -0.481 e. The van der Waals surface area contributed by atoms with Gasteiger partial charge >= 0.3 is 20.2 Å². The molecule has 0 amide bonds. The van der Waals surface area contributed by atoms with Crippen LogP contribution in [0.2, 0.25) is 0 Å². The first-order valence-corrected chi connectivity index (χ1v) is 8.41. The number of carboxylic acids is 2. The normalized spacial score (nSPS) is 17.9. The molecule has 0 aromatic carbocycles. The van der Waals surface area contributed by atoms with E-state index in [0.717, 1.165) is 0 Å². The lowest BCUT2D eigenvalue weighted by atomic mass is 10.2. The summed E-state index contributed by atoms with van der Waals surface area (Å²) in [6.07, 6.45) is -1.60. The smallest absolute Gasteiger partial charge is 0.481 e. The minimum atomic E-state index is -4.10. The molecule has 4 atom stereocenters. The molecule has 12 heteroatoms. The molecule has 0 bridgehead atoms. The molecule has 0 rings (SSSR count). The Morgan fingerprint density at radius 2 is 1.90 bits per heavy atom. The van der Waals surface area contributed by atoms with Gasteiger partial charge in [-0.05, 0) is 6.42 Å². The van der Waals surface area contributed by atoms with E-state index in [2.05, 4.69) is 4.52 Å². The summed E-state index contributed by atoms with van der Waals surface area (Å²) in [5.41, 5.74) is 3.77. The Morgan fingerprint density at radius 1 is 1.35 bits per heavy atom. The van der Waals surface area contributed by atoms with Crippen LogP contribution < -0.4 is 5.73 Å². The fourth-order valence-electron chi connectivity index (χ4n) is 1.30. The van der Waals surface area contributed by atoms with Gasteiger partial charge in [-0.3, -0.25) is 14.2 Å². The molecule has 0 aromatic rings. The number of aliphatic carboxylic acids is 2. The van der Waals surface area contributed by atoms with Crippen molar-refractivity contribution in [2.45, 2.75) is 24.5 Å². The predicted octanol–water partition coefficient (Wildman–Crippen LogP) is -0.432. The van der Waals surface area contributed by atoms with Crippen molar-refractivity contribution in [3.8, 4) is 0 Å². The van der Waals surface area contributed by atoms with Gasteiger partial charge in [0.05, 0.1) is 12.1 Å². The molecule has 0 heterocycles. The summed E-state index contributed by atoms with van der Waals surface area (Å²) in [5.74, 6) is -2.74. The highest BCUT2D eigenvalue weighted by molar-refractivity contribution is 7.58. The van der Waals surface area contributed by atoms with Gasteiger partial charge in [-0.25, -0.2) is 0 Å². The maximum Gasteiger partial charge on any atom is 0.694 e. The van der Waals surface area contributed by atoms with Crippen molar-refractivity contribution in [3.63, 3.8) is 0 Å². The van der Waals surface area contributed by atoms with Crippen molar-refractivity contribution >= 4 is 27.6 Å². The summed E-state index contributed by atoms with van der Waals surface area (Å²) in [6, 6.07) is -1.35. The number of carbonyl (C=O) groups is 2. The molecule has 0 fully saturated rings. The van der Waals surface area contributed by atoms with Crippen molar-refractivity contribution in [1.82, 2.24) is 0 Å². The number of hydrogen-bond acceptors (Lipinski definition) is 6. The van der Waals surface area contributed by atoms with E-state index < -0.39 is 58.5 Å². The molecule has 0 spiro atoms. The third-order valence-electron chi connectivity index (χ3n) is 2.44. The molecule has 10 nitrogen and oxygen atoms in total. The first-order valence-electron chi connectivity index (χ1n) is 5.37. The van der Waals surface area contributed by atoms with E-state index in [9.17, 15) is 23.6 Å². The zero-order valence-corrected chi connectivity index (χ0v) is 12.1. The molecule has 116 valence electrons. The SMILES string of the molecule is N[C@@H](CCP(=O)(O)C(CO[P+](=O)O)CC(=O)O)C(=O)O. The van der Waals surface area contributed by atoms with E-state index in [-0.39, 0.29) is 6.42 Å². The Balaban J connectivity index is 4.74. The Kier molecular flexibility index (Phi) is 8.03. The van der Waals surface area contributed by atoms with Gasteiger partial charge in [0.1, 0.15) is 12.6 Å². The number of hydrogen-bond donors (Lipinski definition) is 5. The van der Waals surface area contributed by atoms with Crippen LogP contribution >= 0.6 is 15.6 Å². The molecule has 0 radical (unpaired) electrons. The topological polar surface area (TPSA) is 184 Å². The molecule has 0 saturated heterocycles.